The van der Waals surface area contributed by atoms with Crippen LogP contribution in [0.4, 0.5) is 0 Å². The van der Waals surface area contributed by atoms with Crippen LogP contribution in [0.2, 0.25) is 0 Å². The largest absolute Gasteiger partial charge is 0.310 e. The van der Waals surface area contributed by atoms with Gasteiger partial charge >= 0.3 is 0 Å². The average molecular weight is 321 g/mol. The molecule has 1 aromatic rings. The summed E-state index contributed by atoms with van der Waals surface area (Å²) < 4.78 is 3.20. The molecule has 0 spiro atoms. The molecule has 0 saturated carbocycles. The maximum absolute atomic E-state index is 4.31. The van der Waals surface area contributed by atoms with E-state index in [1.165, 1.54) is 3.57 Å². The van der Waals surface area contributed by atoms with Crippen molar-refractivity contribution in [1.82, 2.24) is 15.1 Å². The molecule has 0 fully saturated rings. The minimum atomic E-state index is 0.217. The quantitative estimate of drug-likeness (QED) is 0.845. The van der Waals surface area contributed by atoms with Gasteiger partial charge in [0.25, 0.3) is 0 Å². The van der Waals surface area contributed by atoms with Gasteiger partial charge in [0, 0.05) is 18.3 Å². The number of nitrogens with one attached hydrogen (secondary N) is 1. The molecule has 0 radical (unpaired) electrons. The van der Waals surface area contributed by atoms with Gasteiger partial charge in [-0.05, 0) is 49.8 Å². The number of rotatable bonds is 5. The molecule has 0 aliphatic rings. The molecule has 1 atom stereocenters. The van der Waals surface area contributed by atoms with Crippen molar-refractivity contribution in [2.24, 2.45) is 0 Å². The monoisotopic (exact) mass is 321 g/mol. The maximum atomic E-state index is 4.31. The minimum absolute atomic E-state index is 0.217. The molecule has 1 unspecified atom stereocenters. The van der Waals surface area contributed by atoms with Gasteiger partial charge in [-0.2, -0.15) is 5.10 Å². The lowest BCUT2D eigenvalue weighted by molar-refractivity contribution is 0.335. The maximum Gasteiger partial charge on any atom is 0.0623 e. The van der Waals surface area contributed by atoms with Crippen LogP contribution in [0.25, 0.3) is 0 Å². The van der Waals surface area contributed by atoms with Crippen molar-refractivity contribution in [3.63, 3.8) is 0 Å². The number of hydrogen-bond acceptors (Lipinski definition) is 2. The second kappa shape index (κ2) is 5.30. The topological polar surface area (TPSA) is 29.9 Å². The van der Waals surface area contributed by atoms with E-state index >= 15 is 0 Å². The van der Waals surface area contributed by atoms with Crippen LogP contribution in [-0.2, 0) is 0 Å². The number of hydrogen-bond donors (Lipinski definition) is 1. The van der Waals surface area contributed by atoms with E-state index in [9.17, 15) is 0 Å². The van der Waals surface area contributed by atoms with E-state index in [0.29, 0.717) is 6.04 Å². The molecule has 1 N–H and O–H groups in total. The van der Waals surface area contributed by atoms with E-state index in [2.05, 4.69) is 66.9 Å². The molecule has 1 rings (SSSR count). The molecule has 0 aliphatic carbocycles. The van der Waals surface area contributed by atoms with Crippen LogP contribution >= 0.6 is 22.6 Å². The van der Waals surface area contributed by atoms with E-state index in [4.69, 9.17) is 0 Å². The molecule has 1 heterocycles. The summed E-state index contributed by atoms with van der Waals surface area (Å²) in [6, 6.07) is 0.402. The Bertz CT molecular complexity index is 307. The van der Waals surface area contributed by atoms with Gasteiger partial charge in [0.15, 0.2) is 0 Å². The molecular formula is C11H20IN3. The van der Waals surface area contributed by atoms with Gasteiger partial charge in [0.2, 0.25) is 0 Å². The van der Waals surface area contributed by atoms with Crippen LogP contribution in [0.15, 0.2) is 12.4 Å². The van der Waals surface area contributed by atoms with Gasteiger partial charge in [-0.25, -0.2) is 0 Å². The normalized spacial score (nSPS) is 14.2. The molecule has 0 aromatic carbocycles. The standard InChI is InChI=1S/C11H20IN3/c1-5-11(3,4)13-6-9(2)15-8-10(12)7-14-15/h7-9,13H,5-6H2,1-4H3. The third-order valence-electron chi connectivity index (χ3n) is 2.78. The van der Waals surface area contributed by atoms with Gasteiger partial charge in [0.05, 0.1) is 15.8 Å². The van der Waals surface area contributed by atoms with Crippen LogP contribution in [-0.4, -0.2) is 21.9 Å². The highest BCUT2D eigenvalue weighted by Crippen LogP contribution is 2.11. The molecule has 3 nitrogen and oxygen atoms in total. The zero-order valence-electron chi connectivity index (χ0n) is 9.92. The molecule has 0 amide bonds. The highest BCUT2D eigenvalue weighted by atomic mass is 127. The van der Waals surface area contributed by atoms with E-state index in [0.717, 1.165) is 13.0 Å². The fraction of sp³-hybridized carbons (Fsp3) is 0.727. The van der Waals surface area contributed by atoms with E-state index in [1.54, 1.807) is 0 Å². The first kappa shape index (κ1) is 13.0. The van der Waals surface area contributed by atoms with Crippen molar-refractivity contribution in [3.8, 4) is 0 Å². The Morgan fingerprint density at radius 1 is 1.60 bits per heavy atom. The Morgan fingerprint density at radius 2 is 2.27 bits per heavy atom. The van der Waals surface area contributed by atoms with Crippen molar-refractivity contribution < 1.29 is 0 Å². The second-order valence-electron chi connectivity index (χ2n) is 4.61. The number of nitrogens with zero attached hydrogens (tertiary/aromatic N) is 2. The van der Waals surface area contributed by atoms with Crippen molar-refractivity contribution in [3.05, 3.63) is 16.0 Å². The molecule has 1 aromatic heterocycles. The fourth-order valence-electron chi connectivity index (χ4n) is 1.20. The van der Waals surface area contributed by atoms with Gasteiger partial charge in [-0.3, -0.25) is 4.68 Å². The van der Waals surface area contributed by atoms with Crippen LogP contribution in [0, 0.1) is 3.57 Å². The number of halogens is 1. The summed E-state index contributed by atoms with van der Waals surface area (Å²) >= 11 is 2.28. The van der Waals surface area contributed by atoms with Gasteiger partial charge in [-0.1, -0.05) is 6.92 Å². The number of aromatic nitrogens is 2. The summed E-state index contributed by atoms with van der Waals surface area (Å²) in [5.74, 6) is 0. The summed E-state index contributed by atoms with van der Waals surface area (Å²) in [7, 11) is 0. The van der Waals surface area contributed by atoms with Crippen LogP contribution < -0.4 is 5.32 Å². The first-order valence-electron chi connectivity index (χ1n) is 5.39. The van der Waals surface area contributed by atoms with Crippen LogP contribution in [0.5, 0.6) is 0 Å². The Balaban J connectivity index is 2.46. The first-order valence-corrected chi connectivity index (χ1v) is 6.47. The van der Waals surface area contributed by atoms with E-state index < -0.39 is 0 Å². The van der Waals surface area contributed by atoms with Crippen molar-refractivity contribution >= 4 is 22.6 Å². The molecule has 0 saturated heterocycles. The zero-order valence-corrected chi connectivity index (χ0v) is 12.1. The van der Waals surface area contributed by atoms with Crippen LogP contribution in [0.3, 0.4) is 0 Å². The van der Waals surface area contributed by atoms with E-state index in [-0.39, 0.29) is 5.54 Å². The lowest BCUT2D eigenvalue weighted by atomic mass is 10.0. The Morgan fingerprint density at radius 3 is 2.73 bits per heavy atom. The SMILES string of the molecule is CCC(C)(C)NCC(C)n1cc(I)cn1. The van der Waals surface area contributed by atoms with Crippen molar-refractivity contribution in [2.75, 3.05) is 6.54 Å². The third kappa shape index (κ3) is 4.10. The molecule has 0 aliphatic heterocycles. The highest BCUT2D eigenvalue weighted by Gasteiger charge is 2.15. The molecular weight excluding hydrogens is 301 g/mol. The average Bonchev–Trinajstić information content (AvgIpc) is 2.61. The van der Waals surface area contributed by atoms with Gasteiger partial charge < -0.3 is 5.32 Å². The Labute approximate surface area is 106 Å². The summed E-state index contributed by atoms with van der Waals surface area (Å²) in [5.41, 5.74) is 0.217. The summed E-state index contributed by atoms with van der Waals surface area (Å²) in [6.07, 6.45) is 5.10. The third-order valence-corrected chi connectivity index (χ3v) is 3.34. The fourth-order valence-corrected chi connectivity index (χ4v) is 1.61. The Hall–Kier alpha value is -0.100. The predicted octanol–water partition coefficient (Wildman–Crippen LogP) is 2.83. The molecule has 0 bridgehead atoms. The van der Waals surface area contributed by atoms with Gasteiger partial charge in [-0.15, -0.1) is 0 Å². The lowest BCUT2D eigenvalue weighted by Gasteiger charge is -2.26. The lowest BCUT2D eigenvalue weighted by Crippen LogP contribution is -2.41. The predicted molar refractivity (Wildman–Crippen MR) is 72.0 cm³/mol. The Kier molecular flexibility index (Phi) is 4.58. The second-order valence-corrected chi connectivity index (χ2v) is 5.85. The summed E-state index contributed by atoms with van der Waals surface area (Å²) in [6.45, 7) is 9.80. The van der Waals surface area contributed by atoms with Crippen molar-refractivity contribution in [2.45, 2.75) is 45.7 Å². The van der Waals surface area contributed by atoms with E-state index in [1.807, 2.05) is 10.9 Å². The molecule has 4 heteroatoms. The highest BCUT2D eigenvalue weighted by molar-refractivity contribution is 14.1. The zero-order chi connectivity index (χ0) is 11.5. The summed E-state index contributed by atoms with van der Waals surface area (Å²) in [5, 5.41) is 7.86. The molecule has 86 valence electrons. The first-order chi connectivity index (χ1) is 6.94. The molecule has 15 heavy (non-hydrogen) atoms. The summed E-state index contributed by atoms with van der Waals surface area (Å²) in [4.78, 5) is 0. The van der Waals surface area contributed by atoms with Gasteiger partial charge in [0.1, 0.15) is 0 Å². The smallest absolute Gasteiger partial charge is 0.0623 e. The van der Waals surface area contributed by atoms with Crippen molar-refractivity contribution in [1.29, 1.82) is 0 Å². The van der Waals surface area contributed by atoms with Crippen LogP contribution in [0.1, 0.15) is 40.2 Å². The minimum Gasteiger partial charge on any atom is -0.310 e.